The van der Waals surface area contributed by atoms with Crippen molar-refractivity contribution in [1.29, 1.82) is 0 Å². The van der Waals surface area contributed by atoms with Crippen molar-refractivity contribution in [3.63, 3.8) is 0 Å². The summed E-state index contributed by atoms with van der Waals surface area (Å²) >= 11 is 1.95. The molecule has 1 aromatic heterocycles. The van der Waals surface area contributed by atoms with Gasteiger partial charge in [0.15, 0.2) is 0 Å². The Labute approximate surface area is 131 Å². The fourth-order valence-corrected chi connectivity index (χ4v) is 4.32. The molecule has 0 aliphatic rings. The maximum absolute atomic E-state index is 2.38. The number of rotatable bonds is 0. The van der Waals surface area contributed by atoms with Crippen LogP contribution in [0.1, 0.15) is 52.7 Å². The molecule has 0 fully saturated rings. The normalized spacial score (nSPS) is 13.2. The van der Waals surface area contributed by atoms with Gasteiger partial charge in [-0.3, -0.25) is 0 Å². The Morgan fingerprint density at radius 3 is 2.10 bits per heavy atom. The second-order valence-electron chi connectivity index (χ2n) is 8.00. The van der Waals surface area contributed by atoms with E-state index in [2.05, 4.69) is 77.9 Å². The minimum Gasteiger partial charge on any atom is -0.135 e. The van der Waals surface area contributed by atoms with Crippen LogP contribution in [0, 0.1) is 0 Å². The van der Waals surface area contributed by atoms with Gasteiger partial charge in [-0.05, 0) is 28.0 Å². The smallest absolute Gasteiger partial charge is 0.0392 e. The van der Waals surface area contributed by atoms with Crippen LogP contribution in [0.2, 0.25) is 0 Å². The summed E-state index contributed by atoms with van der Waals surface area (Å²) in [5.41, 5.74) is 3.27. The van der Waals surface area contributed by atoms with Gasteiger partial charge >= 0.3 is 0 Å². The van der Waals surface area contributed by atoms with Crippen LogP contribution < -0.4 is 0 Å². The zero-order valence-corrected chi connectivity index (χ0v) is 14.7. The van der Waals surface area contributed by atoms with Gasteiger partial charge in [-0.15, -0.1) is 11.3 Å². The van der Waals surface area contributed by atoms with Crippen molar-refractivity contribution in [2.75, 3.05) is 0 Å². The first-order chi connectivity index (χ1) is 9.68. The van der Waals surface area contributed by atoms with E-state index in [1.807, 2.05) is 11.3 Å². The van der Waals surface area contributed by atoms with Crippen LogP contribution in [0.5, 0.6) is 0 Å². The molecule has 0 saturated heterocycles. The average Bonchev–Trinajstić information content (AvgIpc) is 2.73. The number of hydrogen-bond donors (Lipinski definition) is 0. The topological polar surface area (TPSA) is 0 Å². The van der Waals surface area contributed by atoms with Crippen molar-refractivity contribution in [1.82, 2.24) is 0 Å². The Kier molecular flexibility index (Phi) is 3.18. The second kappa shape index (κ2) is 4.58. The maximum Gasteiger partial charge on any atom is 0.0392 e. The Balaban J connectivity index is 2.35. The summed E-state index contributed by atoms with van der Waals surface area (Å²) in [6.45, 7) is 13.7. The van der Waals surface area contributed by atoms with E-state index in [9.17, 15) is 0 Å². The van der Waals surface area contributed by atoms with Crippen LogP contribution in [0.15, 0.2) is 36.4 Å². The first-order valence-corrected chi connectivity index (χ1v) is 8.46. The molecule has 110 valence electrons. The Hall–Kier alpha value is -1.34. The number of thiophene rings is 1. The summed E-state index contributed by atoms with van der Waals surface area (Å²) in [6.07, 6.45) is 0. The Morgan fingerprint density at radius 2 is 1.48 bits per heavy atom. The summed E-state index contributed by atoms with van der Waals surface area (Å²) < 4.78 is 2.86. The van der Waals surface area contributed by atoms with Gasteiger partial charge in [0.2, 0.25) is 0 Å². The molecule has 0 aliphatic carbocycles. The molecular weight excluding hydrogens is 272 g/mol. The molecule has 0 aliphatic heterocycles. The molecule has 0 bridgehead atoms. The van der Waals surface area contributed by atoms with E-state index in [1.165, 1.54) is 31.3 Å². The fraction of sp³-hybridized carbons (Fsp3) is 0.400. The molecule has 0 unspecified atom stereocenters. The molecule has 3 aromatic rings. The fourth-order valence-electron chi connectivity index (χ4n) is 2.86. The molecule has 0 saturated carbocycles. The molecule has 0 nitrogen and oxygen atoms in total. The van der Waals surface area contributed by atoms with Gasteiger partial charge in [-0.25, -0.2) is 0 Å². The molecule has 0 atom stereocenters. The molecule has 2 aromatic carbocycles. The molecule has 0 amide bonds. The standard InChI is InChI=1S/C20H24S/c1-19(2,3)13-10-11-14-15-8-7-9-16(20(4,5)6)18(15)21-17(14)12-13/h7-12H,1-6H3. The van der Waals surface area contributed by atoms with E-state index in [0.29, 0.717) is 0 Å². The first kappa shape index (κ1) is 14.6. The molecule has 0 N–H and O–H groups in total. The van der Waals surface area contributed by atoms with Crippen LogP contribution in [0.4, 0.5) is 0 Å². The highest BCUT2D eigenvalue weighted by molar-refractivity contribution is 7.26. The van der Waals surface area contributed by atoms with Crippen LogP contribution in [0.25, 0.3) is 20.2 Å². The minimum atomic E-state index is 0.188. The Morgan fingerprint density at radius 1 is 0.762 bits per heavy atom. The highest BCUT2D eigenvalue weighted by atomic mass is 32.1. The van der Waals surface area contributed by atoms with Crippen molar-refractivity contribution < 1.29 is 0 Å². The number of fused-ring (bicyclic) bond motifs is 3. The third kappa shape index (κ3) is 2.48. The molecule has 1 heteroatoms. The van der Waals surface area contributed by atoms with E-state index in [0.717, 1.165) is 0 Å². The summed E-state index contributed by atoms with van der Waals surface area (Å²) in [4.78, 5) is 0. The molecule has 3 rings (SSSR count). The second-order valence-corrected chi connectivity index (χ2v) is 9.05. The predicted molar refractivity (Wildman–Crippen MR) is 96.7 cm³/mol. The van der Waals surface area contributed by atoms with Crippen molar-refractivity contribution >= 4 is 31.5 Å². The van der Waals surface area contributed by atoms with Crippen molar-refractivity contribution in [2.24, 2.45) is 0 Å². The summed E-state index contributed by atoms with van der Waals surface area (Å²) in [5, 5.41) is 2.80. The molecule has 21 heavy (non-hydrogen) atoms. The number of benzene rings is 2. The lowest BCUT2D eigenvalue weighted by Gasteiger charge is -2.19. The molecule has 1 heterocycles. The van der Waals surface area contributed by atoms with Gasteiger partial charge in [0.25, 0.3) is 0 Å². The SMILES string of the molecule is CC(C)(C)c1ccc2c(c1)sc1c(C(C)(C)C)cccc12. The molecule has 0 spiro atoms. The summed E-state index contributed by atoms with van der Waals surface area (Å²) in [5.74, 6) is 0. The lowest BCUT2D eigenvalue weighted by atomic mass is 9.85. The molecule has 0 radical (unpaired) electrons. The van der Waals surface area contributed by atoms with Crippen LogP contribution >= 0.6 is 11.3 Å². The summed E-state index contributed by atoms with van der Waals surface area (Å²) in [6, 6.07) is 13.7. The zero-order valence-electron chi connectivity index (χ0n) is 13.9. The van der Waals surface area contributed by atoms with Crippen molar-refractivity contribution in [3.8, 4) is 0 Å². The largest absolute Gasteiger partial charge is 0.135 e. The van der Waals surface area contributed by atoms with Gasteiger partial charge in [0.1, 0.15) is 0 Å². The zero-order chi connectivity index (χ0) is 15.4. The minimum absolute atomic E-state index is 0.188. The van der Waals surface area contributed by atoms with Gasteiger partial charge in [-0.2, -0.15) is 0 Å². The van der Waals surface area contributed by atoms with Gasteiger partial charge < -0.3 is 0 Å². The van der Waals surface area contributed by atoms with E-state index in [4.69, 9.17) is 0 Å². The lowest BCUT2D eigenvalue weighted by molar-refractivity contribution is 0.591. The van der Waals surface area contributed by atoms with E-state index in [1.54, 1.807) is 0 Å². The first-order valence-electron chi connectivity index (χ1n) is 7.64. The van der Waals surface area contributed by atoms with Crippen LogP contribution in [0.3, 0.4) is 0 Å². The monoisotopic (exact) mass is 296 g/mol. The van der Waals surface area contributed by atoms with E-state index >= 15 is 0 Å². The predicted octanol–water partition coefficient (Wildman–Crippen LogP) is 6.65. The van der Waals surface area contributed by atoms with E-state index in [-0.39, 0.29) is 10.8 Å². The van der Waals surface area contributed by atoms with Gasteiger partial charge in [0, 0.05) is 20.2 Å². The third-order valence-electron chi connectivity index (χ3n) is 4.17. The highest BCUT2D eigenvalue weighted by Gasteiger charge is 2.20. The van der Waals surface area contributed by atoms with Gasteiger partial charge in [0.05, 0.1) is 0 Å². The average molecular weight is 296 g/mol. The van der Waals surface area contributed by atoms with Gasteiger partial charge in [-0.1, -0.05) is 71.9 Å². The van der Waals surface area contributed by atoms with Crippen molar-refractivity contribution in [2.45, 2.75) is 52.4 Å². The van der Waals surface area contributed by atoms with Crippen molar-refractivity contribution in [3.05, 3.63) is 47.5 Å². The van der Waals surface area contributed by atoms with Crippen LogP contribution in [-0.4, -0.2) is 0 Å². The van der Waals surface area contributed by atoms with E-state index < -0.39 is 0 Å². The summed E-state index contributed by atoms with van der Waals surface area (Å²) in [7, 11) is 0. The maximum atomic E-state index is 2.38. The third-order valence-corrected chi connectivity index (χ3v) is 5.37. The molecular formula is C20H24S. The Bertz CT molecular complexity index is 807. The quantitative estimate of drug-likeness (QED) is 0.435. The lowest BCUT2D eigenvalue weighted by Crippen LogP contribution is -2.10. The van der Waals surface area contributed by atoms with Crippen LogP contribution in [-0.2, 0) is 10.8 Å². The number of hydrogen-bond acceptors (Lipinski definition) is 1. The highest BCUT2D eigenvalue weighted by Crippen LogP contribution is 2.41.